The molecule has 1 saturated heterocycles. The molecule has 3 rings (SSSR count). The Labute approximate surface area is 158 Å². The van der Waals surface area contributed by atoms with Gasteiger partial charge in [-0.05, 0) is 23.8 Å². The van der Waals surface area contributed by atoms with E-state index in [0.29, 0.717) is 38.6 Å². The smallest absolute Gasteiger partial charge is 0.269 e. The number of carbonyl (C=O) groups excluding carboxylic acids is 1. The van der Waals surface area contributed by atoms with Gasteiger partial charge in [0.2, 0.25) is 0 Å². The molecule has 0 spiro atoms. The standard InChI is InChI=1S/C20H26FN3O3/c1-20(2,3)18-10-17(19(25)22-11-16-13-26-8-9-27-16)24(23-18)12-14-4-6-15(21)7-5-14/h4-7,10,16H,8-9,11-13H2,1-3H3,(H,22,25). The van der Waals surface area contributed by atoms with Gasteiger partial charge in [-0.3, -0.25) is 9.48 Å². The van der Waals surface area contributed by atoms with Crippen LogP contribution in [0.5, 0.6) is 0 Å². The molecular weight excluding hydrogens is 349 g/mol. The lowest BCUT2D eigenvalue weighted by atomic mass is 9.92. The number of hydrogen-bond donors (Lipinski definition) is 1. The zero-order valence-electron chi connectivity index (χ0n) is 16.0. The second-order valence-corrected chi connectivity index (χ2v) is 7.73. The van der Waals surface area contributed by atoms with Crippen LogP contribution in [-0.4, -0.2) is 48.2 Å². The van der Waals surface area contributed by atoms with E-state index >= 15 is 0 Å². The highest BCUT2D eigenvalue weighted by Crippen LogP contribution is 2.22. The highest BCUT2D eigenvalue weighted by atomic mass is 19.1. The lowest BCUT2D eigenvalue weighted by Gasteiger charge is -2.23. The molecule has 1 amide bonds. The van der Waals surface area contributed by atoms with E-state index in [4.69, 9.17) is 9.47 Å². The van der Waals surface area contributed by atoms with Crippen LogP contribution in [-0.2, 0) is 21.4 Å². The number of hydrogen-bond acceptors (Lipinski definition) is 4. The first-order chi connectivity index (χ1) is 12.8. The van der Waals surface area contributed by atoms with Crippen LogP contribution in [0.4, 0.5) is 4.39 Å². The second-order valence-electron chi connectivity index (χ2n) is 7.73. The third kappa shape index (κ3) is 5.14. The molecule has 27 heavy (non-hydrogen) atoms. The van der Waals surface area contributed by atoms with Gasteiger partial charge in [0, 0.05) is 12.0 Å². The average molecular weight is 375 g/mol. The quantitative estimate of drug-likeness (QED) is 0.872. The van der Waals surface area contributed by atoms with Crippen molar-refractivity contribution in [2.75, 3.05) is 26.4 Å². The summed E-state index contributed by atoms with van der Waals surface area (Å²) in [6.45, 7) is 8.52. The molecule has 1 fully saturated rings. The molecule has 1 aromatic heterocycles. The minimum Gasteiger partial charge on any atom is -0.376 e. The Bertz CT molecular complexity index is 775. The van der Waals surface area contributed by atoms with Gasteiger partial charge in [0.25, 0.3) is 5.91 Å². The van der Waals surface area contributed by atoms with Gasteiger partial charge in [0.05, 0.1) is 38.2 Å². The van der Waals surface area contributed by atoms with Crippen molar-refractivity contribution in [3.63, 3.8) is 0 Å². The highest BCUT2D eigenvalue weighted by molar-refractivity contribution is 5.92. The maximum Gasteiger partial charge on any atom is 0.269 e. The number of carbonyl (C=O) groups is 1. The summed E-state index contributed by atoms with van der Waals surface area (Å²) >= 11 is 0. The van der Waals surface area contributed by atoms with Gasteiger partial charge >= 0.3 is 0 Å². The van der Waals surface area contributed by atoms with Gasteiger partial charge in [-0.15, -0.1) is 0 Å². The van der Waals surface area contributed by atoms with Crippen molar-refractivity contribution < 1.29 is 18.7 Å². The molecule has 1 aromatic carbocycles. The summed E-state index contributed by atoms with van der Waals surface area (Å²) in [4.78, 5) is 12.8. The Morgan fingerprint density at radius 3 is 2.67 bits per heavy atom. The number of rotatable bonds is 5. The van der Waals surface area contributed by atoms with Crippen molar-refractivity contribution in [2.45, 2.75) is 38.8 Å². The van der Waals surface area contributed by atoms with Crippen molar-refractivity contribution >= 4 is 5.91 Å². The Morgan fingerprint density at radius 2 is 2.04 bits per heavy atom. The van der Waals surface area contributed by atoms with Crippen LogP contribution in [0.25, 0.3) is 0 Å². The molecule has 0 saturated carbocycles. The number of benzene rings is 1. The van der Waals surface area contributed by atoms with Crippen molar-refractivity contribution in [1.29, 1.82) is 0 Å². The van der Waals surface area contributed by atoms with E-state index in [1.165, 1.54) is 12.1 Å². The number of aromatic nitrogens is 2. The normalized spacial score (nSPS) is 17.7. The SMILES string of the molecule is CC(C)(C)c1cc(C(=O)NCC2COCCO2)n(Cc2ccc(F)cc2)n1. The maximum atomic E-state index is 13.2. The monoisotopic (exact) mass is 375 g/mol. The van der Waals surface area contributed by atoms with E-state index < -0.39 is 0 Å². The van der Waals surface area contributed by atoms with Crippen LogP contribution in [0.15, 0.2) is 30.3 Å². The van der Waals surface area contributed by atoms with Crippen molar-refractivity contribution in [1.82, 2.24) is 15.1 Å². The van der Waals surface area contributed by atoms with Crippen molar-refractivity contribution in [2.24, 2.45) is 0 Å². The number of nitrogens with zero attached hydrogens (tertiary/aromatic N) is 2. The molecule has 0 bridgehead atoms. The summed E-state index contributed by atoms with van der Waals surface area (Å²) in [6.07, 6.45) is -0.141. The van der Waals surface area contributed by atoms with E-state index in [1.807, 2.05) is 26.8 Å². The molecular formula is C20H26FN3O3. The third-order valence-electron chi connectivity index (χ3n) is 4.40. The topological polar surface area (TPSA) is 65.4 Å². The zero-order chi connectivity index (χ0) is 19.4. The van der Waals surface area contributed by atoms with Crippen LogP contribution in [0.1, 0.15) is 42.5 Å². The molecule has 1 N–H and O–H groups in total. The number of halogens is 1. The number of nitrogens with one attached hydrogen (secondary N) is 1. The highest BCUT2D eigenvalue weighted by Gasteiger charge is 2.24. The van der Waals surface area contributed by atoms with Gasteiger partial charge in [-0.25, -0.2) is 4.39 Å². The summed E-state index contributed by atoms with van der Waals surface area (Å²) < 4.78 is 25.7. The molecule has 2 heterocycles. The van der Waals surface area contributed by atoms with Crippen LogP contribution >= 0.6 is 0 Å². The minimum absolute atomic E-state index is 0.141. The summed E-state index contributed by atoms with van der Waals surface area (Å²) in [5.74, 6) is -0.503. The Balaban J connectivity index is 1.77. The van der Waals surface area contributed by atoms with Gasteiger partial charge < -0.3 is 14.8 Å². The molecule has 7 heteroatoms. The van der Waals surface area contributed by atoms with Crippen LogP contribution < -0.4 is 5.32 Å². The first kappa shape index (κ1) is 19.5. The molecule has 146 valence electrons. The summed E-state index contributed by atoms with van der Waals surface area (Å²) in [7, 11) is 0. The predicted octanol–water partition coefficient (Wildman–Crippen LogP) is 2.51. The van der Waals surface area contributed by atoms with E-state index in [-0.39, 0.29) is 23.2 Å². The summed E-state index contributed by atoms with van der Waals surface area (Å²) in [6, 6.07) is 8.02. The van der Waals surface area contributed by atoms with Gasteiger partial charge in [-0.1, -0.05) is 32.9 Å². The van der Waals surface area contributed by atoms with Gasteiger partial charge in [0.15, 0.2) is 0 Å². The van der Waals surface area contributed by atoms with Gasteiger partial charge in [0.1, 0.15) is 11.5 Å². The number of ether oxygens (including phenoxy) is 2. The summed E-state index contributed by atoms with van der Waals surface area (Å²) in [5.41, 5.74) is 1.98. The molecule has 0 radical (unpaired) electrons. The largest absolute Gasteiger partial charge is 0.376 e. The minimum atomic E-state index is -0.290. The molecule has 1 unspecified atom stereocenters. The first-order valence-electron chi connectivity index (χ1n) is 9.13. The van der Waals surface area contributed by atoms with E-state index in [2.05, 4.69) is 10.4 Å². The fourth-order valence-electron chi connectivity index (χ4n) is 2.80. The maximum absolute atomic E-state index is 13.2. The fraction of sp³-hybridized carbons (Fsp3) is 0.500. The molecule has 1 aliphatic heterocycles. The zero-order valence-corrected chi connectivity index (χ0v) is 16.0. The lowest BCUT2D eigenvalue weighted by molar-refractivity contribution is -0.0855. The van der Waals surface area contributed by atoms with Crippen LogP contribution in [0, 0.1) is 5.82 Å². The van der Waals surface area contributed by atoms with E-state index in [1.54, 1.807) is 16.8 Å². The lowest BCUT2D eigenvalue weighted by Crippen LogP contribution is -2.40. The van der Waals surface area contributed by atoms with Crippen LogP contribution in [0.2, 0.25) is 0 Å². The third-order valence-corrected chi connectivity index (χ3v) is 4.40. The van der Waals surface area contributed by atoms with E-state index in [0.717, 1.165) is 11.3 Å². The number of amides is 1. The van der Waals surface area contributed by atoms with Crippen LogP contribution in [0.3, 0.4) is 0 Å². The van der Waals surface area contributed by atoms with Crippen molar-refractivity contribution in [3.05, 3.63) is 53.1 Å². The van der Waals surface area contributed by atoms with Gasteiger partial charge in [-0.2, -0.15) is 5.10 Å². The molecule has 2 aromatic rings. The molecule has 1 aliphatic rings. The fourth-order valence-corrected chi connectivity index (χ4v) is 2.80. The Morgan fingerprint density at radius 1 is 1.30 bits per heavy atom. The molecule has 1 atom stereocenters. The van der Waals surface area contributed by atoms with Crippen molar-refractivity contribution in [3.8, 4) is 0 Å². The Kier molecular flexibility index (Phi) is 5.92. The predicted molar refractivity (Wildman–Crippen MR) is 99.3 cm³/mol. The summed E-state index contributed by atoms with van der Waals surface area (Å²) in [5, 5.41) is 7.53. The molecule has 0 aliphatic carbocycles. The van der Waals surface area contributed by atoms with E-state index in [9.17, 15) is 9.18 Å². The molecule has 6 nitrogen and oxygen atoms in total. The Hall–Kier alpha value is -2.25. The first-order valence-corrected chi connectivity index (χ1v) is 9.13. The second kappa shape index (κ2) is 8.19. The average Bonchev–Trinajstić information content (AvgIpc) is 3.07.